The Balaban J connectivity index is 2.28. The first-order chi connectivity index (χ1) is 7.58. The van der Waals surface area contributed by atoms with E-state index in [2.05, 4.69) is 4.74 Å². The second-order valence-electron chi connectivity index (χ2n) is 3.58. The van der Waals surface area contributed by atoms with Crippen molar-refractivity contribution in [3.8, 4) is 5.75 Å². The number of benzene rings is 1. The molecule has 0 aromatic heterocycles. The van der Waals surface area contributed by atoms with Crippen LogP contribution in [0, 0.1) is 6.92 Å². The van der Waals surface area contributed by atoms with Gasteiger partial charge in [-0.15, -0.1) is 0 Å². The normalized spacial score (nSPS) is 11.9. The monoisotopic (exact) mass is 224 g/mol. The number of aliphatic hydroxyl groups excluding tert-OH is 1. The van der Waals surface area contributed by atoms with Crippen molar-refractivity contribution in [2.75, 3.05) is 13.2 Å². The lowest BCUT2D eigenvalue weighted by atomic mass is 10.2. The predicted octanol–water partition coefficient (Wildman–Crippen LogP) is 1.30. The average molecular weight is 224 g/mol. The first-order valence-corrected chi connectivity index (χ1v) is 5.09. The average Bonchev–Trinajstić information content (AvgIpc) is 2.25. The molecule has 0 aliphatic rings. The highest BCUT2D eigenvalue weighted by molar-refractivity contribution is 5.65. The number of ether oxygens (including phenoxy) is 2. The standard InChI is InChI=1S/C12H16O4/c1-9-3-5-12(6-4-9)16-8-11(14)7-15-10(2)13/h3-6,11,14H,7-8H2,1-2H3/t11-/m1/s1. The van der Waals surface area contributed by atoms with Gasteiger partial charge in [0.1, 0.15) is 25.1 Å². The summed E-state index contributed by atoms with van der Waals surface area (Å²) in [5.74, 6) is 0.280. The summed E-state index contributed by atoms with van der Waals surface area (Å²) in [7, 11) is 0. The number of rotatable bonds is 5. The molecule has 1 N–H and O–H groups in total. The van der Waals surface area contributed by atoms with Crippen LogP contribution in [-0.2, 0) is 9.53 Å². The van der Waals surface area contributed by atoms with Gasteiger partial charge in [-0.1, -0.05) is 17.7 Å². The summed E-state index contributed by atoms with van der Waals surface area (Å²) in [6.45, 7) is 3.35. The smallest absolute Gasteiger partial charge is 0.302 e. The van der Waals surface area contributed by atoms with E-state index in [9.17, 15) is 9.90 Å². The second-order valence-corrected chi connectivity index (χ2v) is 3.58. The molecule has 0 amide bonds. The highest BCUT2D eigenvalue weighted by atomic mass is 16.5. The Hall–Kier alpha value is -1.55. The van der Waals surface area contributed by atoms with Gasteiger partial charge < -0.3 is 14.6 Å². The van der Waals surface area contributed by atoms with Gasteiger partial charge in [-0.25, -0.2) is 0 Å². The summed E-state index contributed by atoms with van der Waals surface area (Å²) in [6.07, 6.45) is -0.801. The molecule has 0 spiro atoms. The third kappa shape index (κ3) is 4.79. The second kappa shape index (κ2) is 6.12. The van der Waals surface area contributed by atoms with Gasteiger partial charge in [-0.2, -0.15) is 0 Å². The predicted molar refractivity (Wildman–Crippen MR) is 59.3 cm³/mol. The fraction of sp³-hybridized carbons (Fsp3) is 0.417. The Kier molecular flexibility index (Phi) is 4.79. The number of carbonyl (C=O) groups excluding carboxylic acids is 1. The molecule has 0 unspecified atom stereocenters. The van der Waals surface area contributed by atoms with E-state index < -0.39 is 12.1 Å². The Morgan fingerprint density at radius 1 is 1.31 bits per heavy atom. The largest absolute Gasteiger partial charge is 0.491 e. The van der Waals surface area contributed by atoms with Crippen LogP contribution < -0.4 is 4.74 Å². The van der Waals surface area contributed by atoms with Gasteiger partial charge in [0.25, 0.3) is 0 Å². The van der Waals surface area contributed by atoms with E-state index in [1.807, 2.05) is 31.2 Å². The highest BCUT2D eigenvalue weighted by Gasteiger charge is 2.07. The number of aryl methyl sites for hydroxylation is 1. The van der Waals surface area contributed by atoms with Gasteiger partial charge >= 0.3 is 5.97 Å². The van der Waals surface area contributed by atoms with E-state index in [1.54, 1.807) is 0 Å². The topological polar surface area (TPSA) is 55.8 Å². The third-order valence-corrected chi connectivity index (χ3v) is 1.94. The fourth-order valence-electron chi connectivity index (χ4n) is 1.09. The van der Waals surface area contributed by atoms with Crippen LogP contribution >= 0.6 is 0 Å². The van der Waals surface area contributed by atoms with Crippen LogP contribution in [0.3, 0.4) is 0 Å². The first-order valence-electron chi connectivity index (χ1n) is 5.09. The van der Waals surface area contributed by atoms with Crippen LogP contribution in [-0.4, -0.2) is 30.4 Å². The summed E-state index contributed by atoms with van der Waals surface area (Å²) < 4.78 is 9.96. The molecule has 4 nitrogen and oxygen atoms in total. The summed E-state index contributed by atoms with van der Waals surface area (Å²) in [5, 5.41) is 9.41. The number of hydrogen-bond donors (Lipinski definition) is 1. The van der Waals surface area contributed by atoms with Gasteiger partial charge in [0, 0.05) is 6.92 Å². The van der Waals surface area contributed by atoms with Gasteiger partial charge in [0.2, 0.25) is 0 Å². The lowest BCUT2D eigenvalue weighted by Crippen LogP contribution is -2.24. The fourth-order valence-corrected chi connectivity index (χ4v) is 1.09. The zero-order chi connectivity index (χ0) is 12.0. The first kappa shape index (κ1) is 12.5. The Labute approximate surface area is 94.8 Å². The van der Waals surface area contributed by atoms with E-state index in [0.29, 0.717) is 5.75 Å². The van der Waals surface area contributed by atoms with Crippen LogP contribution in [0.5, 0.6) is 5.75 Å². The molecule has 0 radical (unpaired) electrons. The number of aliphatic hydroxyl groups is 1. The van der Waals surface area contributed by atoms with Crippen molar-refractivity contribution < 1.29 is 19.4 Å². The molecule has 4 heteroatoms. The van der Waals surface area contributed by atoms with E-state index in [-0.39, 0.29) is 13.2 Å². The lowest BCUT2D eigenvalue weighted by Gasteiger charge is -2.12. The highest BCUT2D eigenvalue weighted by Crippen LogP contribution is 2.11. The molecule has 16 heavy (non-hydrogen) atoms. The van der Waals surface area contributed by atoms with E-state index >= 15 is 0 Å². The third-order valence-electron chi connectivity index (χ3n) is 1.94. The summed E-state index contributed by atoms with van der Waals surface area (Å²) in [4.78, 5) is 10.5. The Bertz CT molecular complexity index is 331. The summed E-state index contributed by atoms with van der Waals surface area (Å²) in [6, 6.07) is 7.50. The van der Waals surface area contributed by atoms with Crippen LogP contribution in [0.15, 0.2) is 24.3 Å². The van der Waals surface area contributed by atoms with Crippen molar-refractivity contribution in [2.24, 2.45) is 0 Å². The maximum Gasteiger partial charge on any atom is 0.302 e. The molecular formula is C12H16O4. The summed E-state index contributed by atoms with van der Waals surface area (Å²) in [5.41, 5.74) is 1.15. The molecule has 0 saturated heterocycles. The molecule has 1 atom stereocenters. The molecule has 0 aliphatic carbocycles. The molecule has 0 fully saturated rings. The minimum Gasteiger partial charge on any atom is -0.491 e. The van der Waals surface area contributed by atoms with Crippen molar-refractivity contribution >= 4 is 5.97 Å². The molecule has 0 heterocycles. The van der Waals surface area contributed by atoms with Crippen molar-refractivity contribution in [3.63, 3.8) is 0 Å². The van der Waals surface area contributed by atoms with E-state index in [1.165, 1.54) is 6.92 Å². The van der Waals surface area contributed by atoms with E-state index in [0.717, 1.165) is 5.56 Å². The Morgan fingerprint density at radius 2 is 1.94 bits per heavy atom. The van der Waals surface area contributed by atoms with Crippen LogP contribution in [0.25, 0.3) is 0 Å². The van der Waals surface area contributed by atoms with Crippen LogP contribution in [0.4, 0.5) is 0 Å². The zero-order valence-corrected chi connectivity index (χ0v) is 9.47. The quantitative estimate of drug-likeness (QED) is 0.766. The molecule has 88 valence electrons. The minimum atomic E-state index is -0.801. The molecule has 0 bridgehead atoms. The van der Waals surface area contributed by atoms with Gasteiger partial charge in [0.15, 0.2) is 0 Å². The van der Waals surface area contributed by atoms with Crippen molar-refractivity contribution in [2.45, 2.75) is 20.0 Å². The molecule has 0 aliphatic heterocycles. The Morgan fingerprint density at radius 3 is 2.50 bits per heavy atom. The van der Waals surface area contributed by atoms with Crippen molar-refractivity contribution in [1.82, 2.24) is 0 Å². The number of esters is 1. The molecular weight excluding hydrogens is 208 g/mol. The molecule has 1 aromatic rings. The van der Waals surface area contributed by atoms with Gasteiger partial charge in [-0.3, -0.25) is 4.79 Å². The molecule has 0 saturated carbocycles. The van der Waals surface area contributed by atoms with Crippen molar-refractivity contribution in [1.29, 1.82) is 0 Å². The minimum absolute atomic E-state index is 0.0405. The SMILES string of the molecule is CC(=O)OC[C@@H](O)COc1ccc(C)cc1. The maximum absolute atomic E-state index is 10.5. The van der Waals surface area contributed by atoms with E-state index in [4.69, 9.17) is 4.74 Å². The number of carbonyl (C=O) groups is 1. The van der Waals surface area contributed by atoms with Gasteiger partial charge in [0.05, 0.1) is 0 Å². The lowest BCUT2D eigenvalue weighted by molar-refractivity contribution is -0.144. The molecule has 1 aromatic carbocycles. The van der Waals surface area contributed by atoms with Crippen molar-refractivity contribution in [3.05, 3.63) is 29.8 Å². The molecule has 1 rings (SSSR count). The van der Waals surface area contributed by atoms with Crippen LogP contribution in [0.2, 0.25) is 0 Å². The number of hydrogen-bond acceptors (Lipinski definition) is 4. The zero-order valence-electron chi connectivity index (χ0n) is 9.47. The summed E-state index contributed by atoms with van der Waals surface area (Å²) >= 11 is 0. The van der Waals surface area contributed by atoms with Crippen LogP contribution in [0.1, 0.15) is 12.5 Å². The van der Waals surface area contributed by atoms with Gasteiger partial charge in [-0.05, 0) is 19.1 Å². The maximum atomic E-state index is 10.5.